The van der Waals surface area contributed by atoms with Gasteiger partial charge in [-0.2, -0.15) is 0 Å². The first-order chi connectivity index (χ1) is 12.9. The van der Waals surface area contributed by atoms with Crippen molar-refractivity contribution in [2.24, 2.45) is 0 Å². The second kappa shape index (κ2) is 13.0. The zero-order valence-electron chi connectivity index (χ0n) is 15.1. The minimum absolute atomic E-state index is 0.0669. The Balaban J connectivity index is 2.03. The highest BCUT2D eigenvalue weighted by atomic mass is 35.5. The van der Waals surface area contributed by atoms with Crippen LogP contribution in [0.4, 0.5) is 4.79 Å². The first-order valence-corrected chi connectivity index (χ1v) is 8.83. The topological polar surface area (TPSA) is 135 Å². The third-order valence-corrected chi connectivity index (χ3v) is 3.60. The fraction of sp³-hybridized carbons (Fsp3) is 0.562. The molecular formula is C16H25ClN4O6. The van der Waals surface area contributed by atoms with Crippen molar-refractivity contribution in [3.05, 3.63) is 38.9 Å². The van der Waals surface area contributed by atoms with Crippen LogP contribution in [-0.2, 0) is 4.84 Å². The molecule has 0 fully saturated rings. The highest BCUT2D eigenvalue weighted by molar-refractivity contribution is 6.32. The number of amides is 2. The second-order valence-electron chi connectivity index (χ2n) is 5.70. The fourth-order valence-corrected chi connectivity index (χ4v) is 2.15. The van der Waals surface area contributed by atoms with E-state index < -0.39 is 11.2 Å². The van der Waals surface area contributed by atoms with E-state index in [0.29, 0.717) is 36.8 Å². The lowest BCUT2D eigenvalue weighted by Crippen LogP contribution is -2.41. The van der Waals surface area contributed by atoms with Crippen LogP contribution < -0.4 is 20.7 Å². The molecule has 0 heterocycles. The number of ether oxygens (including phenoxy) is 1. The summed E-state index contributed by atoms with van der Waals surface area (Å²) in [7, 11) is 0. The standard InChI is InChI=1S/C16H25ClN4O6/c1-12-3-4-14(17)15(9-12)26-11-13(22)10-18-6-7-20-16(23)19-5-2-8-27-21(24)25/h3-4,9,13,18,22H,2,5-8,10-11H2,1H3,(H2,19,20,23). The minimum atomic E-state index is -0.874. The number of aliphatic hydroxyl groups is 1. The van der Waals surface area contributed by atoms with Crippen molar-refractivity contribution >= 4 is 17.6 Å². The molecule has 1 unspecified atom stereocenters. The van der Waals surface area contributed by atoms with Crippen LogP contribution in [0.15, 0.2) is 18.2 Å². The smallest absolute Gasteiger partial charge is 0.314 e. The maximum absolute atomic E-state index is 11.4. The lowest BCUT2D eigenvalue weighted by Gasteiger charge is -2.14. The molecule has 0 bridgehead atoms. The average molecular weight is 405 g/mol. The van der Waals surface area contributed by atoms with Gasteiger partial charge in [-0.25, -0.2) is 4.79 Å². The fourth-order valence-electron chi connectivity index (χ4n) is 1.97. The van der Waals surface area contributed by atoms with Crippen molar-refractivity contribution in [2.75, 3.05) is 39.4 Å². The average Bonchev–Trinajstić information content (AvgIpc) is 2.61. The number of nitrogens with one attached hydrogen (secondary N) is 3. The predicted octanol–water partition coefficient (Wildman–Crippen LogP) is 0.875. The normalized spacial score (nSPS) is 11.5. The van der Waals surface area contributed by atoms with Gasteiger partial charge in [0.05, 0.1) is 11.6 Å². The van der Waals surface area contributed by atoms with Crippen LogP contribution in [0, 0.1) is 17.0 Å². The second-order valence-corrected chi connectivity index (χ2v) is 6.10. The molecule has 10 nitrogen and oxygen atoms in total. The summed E-state index contributed by atoms with van der Waals surface area (Å²) in [4.78, 5) is 25.5. The molecule has 0 saturated heterocycles. The summed E-state index contributed by atoms with van der Waals surface area (Å²) in [5.41, 5.74) is 1.01. The Kier molecular flexibility index (Phi) is 10.9. The van der Waals surface area contributed by atoms with Crippen LogP contribution in [0.5, 0.6) is 5.75 Å². The summed E-state index contributed by atoms with van der Waals surface area (Å²) in [6, 6.07) is 5.03. The van der Waals surface area contributed by atoms with Crippen LogP contribution in [0.2, 0.25) is 5.02 Å². The number of aliphatic hydroxyl groups excluding tert-OH is 1. The Morgan fingerprint density at radius 1 is 1.33 bits per heavy atom. The molecule has 0 aliphatic rings. The molecule has 11 heteroatoms. The summed E-state index contributed by atoms with van der Waals surface area (Å²) in [5, 5.41) is 27.6. The number of aryl methyl sites for hydroxylation is 1. The van der Waals surface area contributed by atoms with Gasteiger partial charge < -0.3 is 30.6 Å². The summed E-state index contributed by atoms with van der Waals surface area (Å²) in [6.45, 7) is 3.33. The van der Waals surface area contributed by atoms with Gasteiger partial charge >= 0.3 is 6.03 Å². The van der Waals surface area contributed by atoms with Gasteiger partial charge in [0, 0.05) is 26.2 Å². The highest BCUT2D eigenvalue weighted by Crippen LogP contribution is 2.25. The molecule has 1 atom stereocenters. The molecule has 0 spiro atoms. The molecule has 2 amide bonds. The summed E-state index contributed by atoms with van der Waals surface area (Å²) < 4.78 is 5.50. The summed E-state index contributed by atoms with van der Waals surface area (Å²) in [6.07, 6.45) is -0.388. The Labute approximate surface area is 162 Å². The third kappa shape index (κ3) is 11.1. The van der Waals surface area contributed by atoms with E-state index in [1.54, 1.807) is 12.1 Å². The molecule has 1 aromatic carbocycles. The van der Waals surface area contributed by atoms with E-state index in [1.165, 1.54) is 0 Å². The molecule has 0 aliphatic carbocycles. The SMILES string of the molecule is Cc1ccc(Cl)c(OCC(O)CNCCNC(=O)NCCCO[N+](=O)[O-])c1. The van der Waals surface area contributed by atoms with E-state index >= 15 is 0 Å². The van der Waals surface area contributed by atoms with Crippen LogP contribution in [0.3, 0.4) is 0 Å². The first kappa shape index (κ1) is 22.7. The lowest BCUT2D eigenvalue weighted by atomic mass is 10.2. The van der Waals surface area contributed by atoms with E-state index in [-0.39, 0.29) is 25.8 Å². The maximum atomic E-state index is 11.4. The van der Waals surface area contributed by atoms with E-state index in [2.05, 4.69) is 20.8 Å². The number of carbonyl (C=O) groups excluding carboxylic acids is 1. The molecule has 0 aromatic heterocycles. The van der Waals surface area contributed by atoms with Gasteiger partial charge in [0.1, 0.15) is 18.5 Å². The van der Waals surface area contributed by atoms with Crippen molar-refractivity contribution in [2.45, 2.75) is 19.4 Å². The van der Waals surface area contributed by atoms with Crippen LogP contribution in [-0.4, -0.2) is 61.7 Å². The van der Waals surface area contributed by atoms with E-state index in [9.17, 15) is 20.0 Å². The lowest BCUT2D eigenvalue weighted by molar-refractivity contribution is -0.757. The highest BCUT2D eigenvalue weighted by Gasteiger charge is 2.08. The quantitative estimate of drug-likeness (QED) is 0.217. The molecular weight excluding hydrogens is 380 g/mol. The van der Waals surface area contributed by atoms with Crippen molar-refractivity contribution in [1.29, 1.82) is 0 Å². The largest absolute Gasteiger partial charge is 0.489 e. The number of halogens is 1. The van der Waals surface area contributed by atoms with Crippen LogP contribution >= 0.6 is 11.6 Å². The number of hydrogen-bond acceptors (Lipinski definition) is 7. The number of urea groups is 1. The van der Waals surface area contributed by atoms with E-state index in [4.69, 9.17) is 16.3 Å². The Morgan fingerprint density at radius 2 is 2.07 bits per heavy atom. The molecule has 0 aliphatic heterocycles. The van der Waals surface area contributed by atoms with Gasteiger partial charge in [0.2, 0.25) is 0 Å². The summed E-state index contributed by atoms with van der Waals surface area (Å²) in [5.74, 6) is 0.526. The van der Waals surface area contributed by atoms with Crippen molar-refractivity contribution < 1.29 is 24.6 Å². The maximum Gasteiger partial charge on any atom is 0.314 e. The Morgan fingerprint density at radius 3 is 2.81 bits per heavy atom. The van der Waals surface area contributed by atoms with Gasteiger partial charge in [-0.05, 0) is 31.0 Å². The van der Waals surface area contributed by atoms with Gasteiger partial charge in [0.25, 0.3) is 5.09 Å². The van der Waals surface area contributed by atoms with Crippen molar-refractivity contribution in [3.8, 4) is 5.75 Å². The van der Waals surface area contributed by atoms with Gasteiger partial charge in [-0.3, -0.25) is 0 Å². The predicted molar refractivity (Wildman–Crippen MR) is 99.5 cm³/mol. The zero-order chi connectivity index (χ0) is 20.1. The van der Waals surface area contributed by atoms with Gasteiger partial charge in [-0.15, -0.1) is 10.1 Å². The van der Waals surface area contributed by atoms with Crippen molar-refractivity contribution in [3.63, 3.8) is 0 Å². The molecule has 27 heavy (non-hydrogen) atoms. The van der Waals surface area contributed by atoms with Gasteiger partial charge in [-0.1, -0.05) is 17.7 Å². The van der Waals surface area contributed by atoms with Crippen LogP contribution in [0.1, 0.15) is 12.0 Å². The van der Waals surface area contributed by atoms with Crippen molar-refractivity contribution in [1.82, 2.24) is 16.0 Å². The van der Waals surface area contributed by atoms with Gasteiger partial charge in [0.15, 0.2) is 0 Å². The molecule has 152 valence electrons. The Bertz CT molecular complexity index is 604. The molecule has 4 N–H and O–H groups in total. The number of benzene rings is 1. The van der Waals surface area contributed by atoms with E-state index in [0.717, 1.165) is 5.56 Å². The Hall–Kier alpha value is -2.30. The minimum Gasteiger partial charge on any atom is -0.489 e. The first-order valence-electron chi connectivity index (χ1n) is 8.45. The molecule has 0 radical (unpaired) electrons. The number of hydrogen-bond donors (Lipinski definition) is 4. The molecule has 1 aromatic rings. The van der Waals surface area contributed by atoms with E-state index in [1.807, 2.05) is 13.0 Å². The third-order valence-electron chi connectivity index (χ3n) is 3.29. The monoisotopic (exact) mass is 404 g/mol. The molecule has 0 saturated carbocycles. The molecule has 1 rings (SSSR count). The number of rotatable bonds is 13. The summed E-state index contributed by atoms with van der Waals surface area (Å²) >= 11 is 6.02. The number of nitrogens with zero attached hydrogens (tertiary/aromatic N) is 1. The zero-order valence-corrected chi connectivity index (χ0v) is 15.8. The van der Waals surface area contributed by atoms with Crippen LogP contribution in [0.25, 0.3) is 0 Å². The number of carbonyl (C=O) groups is 1.